The third kappa shape index (κ3) is 6.06. The molecule has 0 aliphatic rings. The Hall–Kier alpha value is -1.10. The molecule has 0 aromatic heterocycles. The van der Waals surface area contributed by atoms with Crippen molar-refractivity contribution in [2.45, 2.75) is 26.2 Å². The van der Waals surface area contributed by atoms with E-state index in [-0.39, 0.29) is 25.0 Å². The Morgan fingerprint density at radius 1 is 1.33 bits per heavy atom. The highest BCUT2D eigenvalue weighted by molar-refractivity contribution is 5.84. The van der Waals surface area contributed by atoms with Gasteiger partial charge in [-0.25, -0.2) is 0 Å². The number of unbranched alkanes of at least 4 members (excludes halogenated alkanes) is 1. The van der Waals surface area contributed by atoms with Crippen LogP contribution in [0, 0.1) is 0 Å². The van der Waals surface area contributed by atoms with E-state index < -0.39 is 0 Å². The molecule has 0 aliphatic heterocycles. The summed E-state index contributed by atoms with van der Waals surface area (Å²) in [5.41, 5.74) is 0. The van der Waals surface area contributed by atoms with Crippen LogP contribution in [0.25, 0.3) is 0 Å². The average molecular weight is 216 g/mol. The van der Waals surface area contributed by atoms with Crippen LogP contribution in [-0.4, -0.2) is 48.6 Å². The van der Waals surface area contributed by atoms with Crippen LogP contribution in [0.3, 0.4) is 0 Å². The third-order valence-corrected chi connectivity index (χ3v) is 2.15. The number of aliphatic hydroxyl groups excluding tert-OH is 1. The molecule has 0 radical (unpaired) electrons. The predicted octanol–water partition coefficient (Wildman–Crippen LogP) is -0.257. The summed E-state index contributed by atoms with van der Waals surface area (Å²) in [4.78, 5) is 24.1. The monoisotopic (exact) mass is 216 g/mol. The Morgan fingerprint density at radius 2 is 2.00 bits per heavy atom. The minimum Gasteiger partial charge on any atom is -0.396 e. The normalized spacial score (nSPS) is 9.80. The van der Waals surface area contributed by atoms with Gasteiger partial charge in [0, 0.05) is 26.6 Å². The van der Waals surface area contributed by atoms with Crippen molar-refractivity contribution in [1.82, 2.24) is 10.2 Å². The Morgan fingerprint density at radius 3 is 2.47 bits per heavy atom. The van der Waals surface area contributed by atoms with Gasteiger partial charge in [0.1, 0.15) is 0 Å². The van der Waals surface area contributed by atoms with Gasteiger partial charge in [0.15, 0.2) is 0 Å². The molecule has 0 aromatic carbocycles. The van der Waals surface area contributed by atoms with Crippen LogP contribution in [-0.2, 0) is 9.59 Å². The topological polar surface area (TPSA) is 69.6 Å². The van der Waals surface area contributed by atoms with Gasteiger partial charge >= 0.3 is 0 Å². The van der Waals surface area contributed by atoms with Crippen molar-refractivity contribution in [2.24, 2.45) is 0 Å². The van der Waals surface area contributed by atoms with Crippen molar-refractivity contribution in [3.63, 3.8) is 0 Å². The fourth-order valence-electron chi connectivity index (χ4n) is 1.17. The van der Waals surface area contributed by atoms with Crippen LogP contribution in [0.5, 0.6) is 0 Å². The summed E-state index contributed by atoms with van der Waals surface area (Å²) in [6.07, 6.45) is 1.69. The maximum Gasteiger partial charge on any atom is 0.239 e. The number of likely N-dealkylation sites (N-methyl/N-ethyl adjacent to an activating group) is 2. The van der Waals surface area contributed by atoms with Gasteiger partial charge in [-0.3, -0.25) is 9.59 Å². The summed E-state index contributed by atoms with van der Waals surface area (Å²) in [5.74, 6) is -0.193. The summed E-state index contributed by atoms with van der Waals surface area (Å²) in [5, 5.41) is 11.0. The van der Waals surface area contributed by atoms with Gasteiger partial charge in [0.2, 0.25) is 11.8 Å². The SMILES string of the molecule is CCN(CC(=O)NC)C(=O)CCCCO. The van der Waals surface area contributed by atoms with Gasteiger partial charge in [-0.1, -0.05) is 0 Å². The van der Waals surface area contributed by atoms with E-state index >= 15 is 0 Å². The Labute approximate surface area is 90.5 Å². The van der Waals surface area contributed by atoms with Crippen LogP contribution in [0.15, 0.2) is 0 Å². The molecule has 0 bridgehead atoms. The molecule has 88 valence electrons. The lowest BCUT2D eigenvalue weighted by Crippen LogP contribution is -2.39. The number of amides is 2. The average Bonchev–Trinajstić information content (AvgIpc) is 2.25. The number of nitrogens with zero attached hydrogens (tertiary/aromatic N) is 1. The predicted molar refractivity (Wildman–Crippen MR) is 57.3 cm³/mol. The van der Waals surface area contributed by atoms with Gasteiger partial charge in [-0.2, -0.15) is 0 Å². The smallest absolute Gasteiger partial charge is 0.239 e. The molecule has 0 aliphatic carbocycles. The highest BCUT2D eigenvalue weighted by atomic mass is 16.3. The molecule has 0 fully saturated rings. The van der Waals surface area contributed by atoms with Gasteiger partial charge in [0.25, 0.3) is 0 Å². The van der Waals surface area contributed by atoms with Gasteiger partial charge in [0.05, 0.1) is 6.54 Å². The molecule has 5 nitrogen and oxygen atoms in total. The minimum absolute atomic E-state index is 0.0328. The second-order valence-corrected chi connectivity index (χ2v) is 3.26. The molecule has 0 saturated heterocycles. The number of carbonyl (C=O) groups excluding carboxylic acids is 2. The van der Waals surface area contributed by atoms with Gasteiger partial charge < -0.3 is 15.3 Å². The van der Waals surface area contributed by atoms with Crippen molar-refractivity contribution in [1.29, 1.82) is 0 Å². The number of carbonyl (C=O) groups is 2. The fourth-order valence-corrected chi connectivity index (χ4v) is 1.17. The first-order valence-electron chi connectivity index (χ1n) is 5.24. The van der Waals surface area contributed by atoms with E-state index in [1.54, 1.807) is 7.05 Å². The highest BCUT2D eigenvalue weighted by Crippen LogP contribution is 2.00. The summed E-state index contributed by atoms with van der Waals surface area (Å²) in [6, 6.07) is 0. The van der Waals surface area contributed by atoms with Crippen molar-refractivity contribution < 1.29 is 14.7 Å². The second-order valence-electron chi connectivity index (χ2n) is 3.26. The van der Waals surface area contributed by atoms with Crippen molar-refractivity contribution in [3.05, 3.63) is 0 Å². The highest BCUT2D eigenvalue weighted by Gasteiger charge is 2.13. The van der Waals surface area contributed by atoms with E-state index in [0.29, 0.717) is 25.8 Å². The van der Waals surface area contributed by atoms with E-state index in [1.807, 2.05) is 6.92 Å². The van der Waals surface area contributed by atoms with E-state index in [1.165, 1.54) is 4.90 Å². The lowest BCUT2D eigenvalue weighted by atomic mass is 10.2. The molecule has 2 amide bonds. The number of aliphatic hydroxyl groups is 1. The molecule has 0 rings (SSSR count). The number of hydrogen-bond acceptors (Lipinski definition) is 3. The third-order valence-electron chi connectivity index (χ3n) is 2.15. The zero-order valence-electron chi connectivity index (χ0n) is 9.45. The first kappa shape index (κ1) is 13.9. The molecule has 0 atom stereocenters. The van der Waals surface area contributed by atoms with Crippen molar-refractivity contribution in [2.75, 3.05) is 26.7 Å². The molecule has 2 N–H and O–H groups in total. The second kappa shape index (κ2) is 8.23. The summed E-state index contributed by atoms with van der Waals surface area (Å²) >= 11 is 0. The lowest BCUT2D eigenvalue weighted by Gasteiger charge is -2.19. The molecular weight excluding hydrogens is 196 g/mol. The standard InChI is InChI=1S/C10H20N2O3/c1-3-12(8-9(14)11-2)10(15)6-4-5-7-13/h13H,3-8H2,1-2H3,(H,11,14). The maximum absolute atomic E-state index is 11.6. The maximum atomic E-state index is 11.6. The van der Waals surface area contributed by atoms with E-state index in [9.17, 15) is 9.59 Å². The zero-order valence-corrected chi connectivity index (χ0v) is 9.45. The van der Waals surface area contributed by atoms with Crippen LogP contribution >= 0.6 is 0 Å². The van der Waals surface area contributed by atoms with Crippen LogP contribution in [0.4, 0.5) is 0 Å². The Kier molecular flexibility index (Phi) is 7.62. The van der Waals surface area contributed by atoms with Crippen molar-refractivity contribution >= 4 is 11.8 Å². The van der Waals surface area contributed by atoms with Crippen LogP contribution < -0.4 is 5.32 Å². The van der Waals surface area contributed by atoms with E-state index in [2.05, 4.69) is 5.32 Å². The number of hydrogen-bond donors (Lipinski definition) is 2. The number of rotatable bonds is 7. The van der Waals surface area contributed by atoms with Gasteiger partial charge in [-0.15, -0.1) is 0 Å². The zero-order chi connectivity index (χ0) is 11.7. The van der Waals surface area contributed by atoms with E-state index in [4.69, 9.17) is 5.11 Å². The molecule has 0 unspecified atom stereocenters. The molecule has 0 heterocycles. The lowest BCUT2D eigenvalue weighted by molar-refractivity contribution is -0.135. The Bertz CT molecular complexity index is 207. The van der Waals surface area contributed by atoms with Crippen molar-refractivity contribution in [3.8, 4) is 0 Å². The molecule has 5 heteroatoms. The van der Waals surface area contributed by atoms with E-state index in [0.717, 1.165) is 0 Å². The Balaban J connectivity index is 3.93. The summed E-state index contributed by atoms with van der Waals surface area (Å²) in [7, 11) is 1.55. The summed E-state index contributed by atoms with van der Waals surface area (Å²) < 4.78 is 0. The number of nitrogens with one attached hydrogen (secondary N) is 1. The fraction of sp³-hybridized carbons (Fsp3) is 0.800. The molecule has 15 heavy (non-hydrogen) atoms. The van der Waals surface area contributed by atoms with Crippen LogP contribution in [0.2, 0.25) is 0 Å². The first-order valence-corrected chi connectivity index (χ1v) is 5.24. The quantitative estimate of drug-likeness (QED) is 0.576. The largest absolute Gasteiger partial charge is 0.396 e. The molecule has 0 spiro atoms. The molecule has 0 aromatic rings. The molecule has 0 saturated carbocycles. The summed E-state index contributed by atoms with van der Waals surface area (Å²) in [6.45, 7) is 2.60. The molecular formula is C10H20N2O3. The van der Waals surface area contributed by atoms with Gasteiger partial charge in [-0.05, 0) is 19.8 Å². The van der Waals surface area contributed by atoms with Crippen LogP contribution in [0.1, 0.15) is 26.2 Å². The first-order chi connectivity index (χ1) is 7.15. The minimum atomic E-state index is -0.160.